The van der Waals surface area contributed by atoms with Gasteiger partial charge in [-0.1, -0.05) is 41.7 Å². The Bertz CT molecular complexity index is 614. The summed E-state index contributed by atoms with van der Waals surface area (Å²) in [5.74, 6) is 0.804. The Hall–Kier alpha value is -2.07. The van der Waals surface area contributed by atoms with Crippen molar-refractivity contribution in [2.24, 2.45) is 0 Å². The molecule has 3 nitrogen and oxygen atoms in total. The number of benzene rings is 1. The van der Waals surface area contributed by atoms with Crippen LogP contribution in [0.2, 0.25) is 0 Å². The fourth-order valence-electron chi connectivity index (χ4n) is 1.70. The predicted octanol–water partition coefficient (Wildman–Crippen LogP) is 3.65. The standard InChI is InChI=1S/C13H10N2OS/c14-13-15-11(9-5-2-1-3-6-9)12(17-13)10-7-4-8-16-10/h1-8H,(H2,14,15). The lowest BCUT2D eigenvalue weighted by molar-refractivity contribution is 0.584. The predicted molar refractivity (Wildman–Crippen MR) is 69.7 cm³/mol. The second-order valence-corrected chi connectivity index (χ2v) is 4.60. The summed E-state index contributed by atoms with van der Waals surface area (Å²) < 4.78 is 5.41. The highest BCUT2D eigenvalue weighted by Crippen LogP contribution is 2.37. The highest BCUT2D eigenvalue weighted by molar-refractivity contribution is 7.19. The van der Waals surface area contributed by atoms with Crippen LogP contribution in [0.1, 0.15) is 0 Å². The van der Waals surface area contributed by atoms with E-state index in [2.05, 4.69) is 4.98 Å². The third-order valence-electron chi connectivity index (χ3n) is 2.44. The number of hydrogen-bond acceptors (Lipinski definition) is 4. The van der Waals surface area contributed by atoms with Gasteiger partial charge < -0.3 is 10.2 Å². The molecule has 2 heterocycles. The minimum absolute atomic E-state index is 0.551. The van der Waals surface area contributed by atoms with E-state index in [-0.39, 0.29) is 0 Å². The number of thiazole rings is 1. The molecule has 0 aliphatic rings. The first-order chi connectivity index (χ1) is 8.34. The smallest absolute Gasteiger partial charge is 0.181 e. The summed E-state index contributed by atoms with van der Waals surface area (Å²) in [6.07, 6.45) is 1.65. The van der Waals surface area contributed by atoms with Crippen LogP contribution in [0, 0.1) is 0 Å². The van der Waals surface area contributed by atoms with Crippen molar-refractivity contribution in [1.29, 1.82) is 0 Å². The van der Waals surface area contributed by atoms with E-state index < -0.39 is 0 Å². The molecule has 0 unspecified atom stereocenters. The van der Waals surface area contributed by atoms with Crippen LogP contribution in [0.25, 0.3) is 21.9 Å². The Labute approximate surface area is 103 Å². The first-order valence-electron chi connectivity index (χ1n) is 5.20. The normalized spacial score (nSPS) is 10.6. The maximum Gasteiger partial charge on any atom is 0.181 e. The zero-order valence-corrected chi connectivity index (χ0v) is 9.78. The molecule has 0 aliphatic carbocycles. The van der Waals surface area contributed by atoms with Gasteiger partial charge in [0.2, 0.25) is 0 Å². The Kier molecular flexibility index (Phi) is 2.42. The lowest BCUT2D eigenvalue weighted by Gasteiger charge is -1.98. The summed E-state index contributed by atoms with van der Waals surface area (Å²) >= 11 is 1.44. The summed E-state index contributed by atoms with van der Waals surface area (Å²) in [6.45, 7) is 0. The van der Waals surface area contributed by atoms with Gasteiger partial charge in [0.1, 0.15) is 5.76 Å². The monoisotopic (exact) mass is 242 g/mol. The largest absolute Gasteiger partial charge is 0.463 e. The maximum atomic E-state index is 5.79. The summed E-state index contributed by atoms with van der Waals surface area (Å²) in [5.41, 5.74) is 7.71. The molecule has 3 aromatic rings. The number of furan rings is 1. The molecular formula is C13H10N2OS. The van der Waals surface area contributed by atoms with Crippen molar-refractivity contribution in [2.45, 2.75) is 0 Å². The van der Waals surface area contributed by atoms with Gasteiger partial charge in [-0.05, 0) is 12.1 Å². The molecule has 84 valence electrons. The van der Waals surface area contributed by atoms with Crippen LogP contribution in [0.15, 0.2) is 53.1 Å². The molecule has 2 aromatic heterocycles. The molecule has 4 heteroatoms. The lowest BCUT2D eigenvalue weighted by atomic mass is 10.1. The number of hydrogen-bond donors (Lipinski definition) is 1. The van der Waals surface area contributed by atoms with Crippen molar-refractivity contribution >= 4 is 16.5 Å². The zero-order chi connectivity index (χ0) is 11.7. The van der Waals surface area contributed by atoms with Crippen LogP contribution in [-0.2, 0) is 0 Å². The second-order valence-electron chi connectivity index (χ2n) is 3.57. The van der Waals surface area contributed by atoms with Gasteiger partial charge in [0, 0.05) is 5.56 Å². The van der Waals surface area contributed by atoms with Gasteiger partial charge in [0.05, 0.1) is 16.8 Å². The molecule has 1 aromatic carbocycles. The number of nitrogens with zero attached hydrogens (tertiary/aromatic N) is 1. The van der Waals surface area contributed by atoms with E-state index in [1.165, 1.54) is 11.3 Å². The zero-order valence-electron chi connectivity index (χ0n) is 8.96. The topological polar surface area (TPSA) is 52.0 Å². The maximum absolute atomic E-state index is 5.79. The summed E-state index contributed by atoms with van der Waals surface area (Å²) in [6, 6.07) is 13.8. The molecule has 0 radical (unpaired) electrons. The number of rotatable bonds is 2. The summed E-state index contributed by atoms with van der Waals surface area (Å²) in [5, 5.41) is 0.551. The van der Waals surface area contributed by atoms with E-state index in [4.69, 9.17) is 10.2 Å². The second kappa shape index (κ2) is 4.07. The third kappa shape index (κ3) is 1.83. The number of nitrogens with two attached hydrogens (primary N) is 1. The van der Waals surface area contributed by atoms with E-state index >= 15 is 0 Å². The van der Waals surface area contributed by atoms with Crippen molar-refractivity contribution in [1.82, 2.24) is 4.98 Å². The van der Waals surface area contributed by atoms with Gasteiger partial charge >= 0.3 is 0 Å². The fraction of sp³-hybridized carbons (Fsp3) is 0. The Morgan fingerprint density at radius 1 is 1.06 bits per heavy atom. The van der Waals surface area contributed by atoms with Gasteiger partial charge in [0.25, 0.3) is 0 Å². The van der Waals surface area contributed by atoms with E-state index in [1.54, 1.807) is 6.26 Å². The van der Waals surface area contributed by atoms with Crippen molar-refractivity contribution in [3.05, 3.63) is 48.7 Å². The Morgan fingerprint density at radius 3 is 2.59 bits per heavy atom. The Balaban J connectivity index is 2.18. The van der Waals surface area contributed by atoms with Crippen LogP contribution in [-0.4, -0.2) is 4.98 Å². The molecule has 0 saturated carbocycles. The molecule has 0 aliphatic heterocycles. The molecule has 17 heavy (non-hydrogen) atoms. The van der Waals surface area contributed by atoms with Crippen LogP contribution in [0.5, 0.6) is 0 Å². The van der Waals surface area contributed by atoms with Gasteiger partial charge in [-0.15, -0.1) is 0 Å². The minimum Gasteiger partial charge on any atom is -0.463 e. The van der Waals surface area contributed by atoms with E-state index in [9.17, 15) is 0 Å². The SMILES string of the molecule is Nc1nc(-c2ccccc2)c(-c2ccco2)s1. The number of anilines is 1. The van der Waals surface area contributed by atoms with Crippen LogP contribution >= 0.6 is 11.3 Å². The van der Waals surface area contributed by atoms with Crippen LogP contribution < -0.4 is 5.73 Å². The summed E-state index contributed by atoms with van der Waals surface area (Å²) in [4.78, 5) is 5.34. The highest BCUT2D eigenvalue weighted by Gasteiger charge is 2.15. The lowest BCUT2D eigenvalue weighted by Crippen LogP contribution is -1.83. The molecule has 0 fully saturated rings. The molecule has 0 spiro atoms. The first-order valence-corrected chi connectivity index (χ1v) is 6.02. The quantitative estimate of drug-likeness (QED) is 0.746. The van der Waals surface area contributed by atoms with Crippen LogP contribution in [0.4, 0.5) is 5.13 Å². The molecule has 3 rings (SSSR count). The van der Waals surface area contributed by atoms with E-state index in [1.807, 2.05) is 42.5 Å². The van der Waals surface area contributed by atoms with Crippen LogP contribution in [0.3, 0.4) is 0 Å². The van der Waals surface area contributed by atoms with Crippen molar-refractivity contribution in [3.8, 4) is 21.9 Å². The molecule has 0 saturated heterocycles. The van der Waals surface area contributed by atoms with E-state index in [0.29, 0.717) is 5.13 Å². The average molecular weight is 242 g/mol. The van der Waals surface area contributed by atoms with Crippen molar-refractivity contribution < 1.29 is 4.42 Å². The van der Waals surface area contributed by atoms with E-state index in [0.717, 1.165) is 21.9 Å². The highest BCUT2D eigenvalue weighted by atomic mass is 32.1. The van der Waals surface area contributed by atoms with Gasteiger partial charge in [0.15, 0.2) is 5.13 Å². The molecular weight excluding hydrogens is 232 g/mol. The molecule has 0 amide bonds. The number of aromatic nitrogens is 1. The average Bonchev–Trinajstić information content (AvgIpc) is 2.98. The fourth-order valence-corrected chi connectivity index (χ4v) is 2.53. The van der Waals surface area contributed by atoms with Gasteiger partial charge in [-0.2, -0.15) is 0 Å². The molecule has 2 N–H and O–H groups in total. The first kappa shape index (κ1) is 10.1. The Morgan fingerprint density at radius 2 is 1.88 bits per heavy atom. The van der Waals surface area contributed by atoms with Crippen molar-refractivity contribution in [2.75, 3.05) is 5.73 Å². The van der Waals surface area contributed by atoms with Crippen molar-refractivity contribution in [3.63, 3.8) is 0 Å². The molecule has 0 bridgehead atoms. The third-order valence-corrected chi connectivity index (χ3v) is 3.33. The van der Waals surface area contributed by atoms with Gasteiger partial charge in [-0.25, -0.2) is 4.98 Å². The summed E-state index contributed by atoms with van der Waals surface area (Å²) in [7, 11) is 0. The van der Waals surface area contributed by atoms with Gasteiger partial charge in [-0.3, -0.25) is 0 Å². The minimum atomic E-state index is 0.551. The molecule has 0 atom stereocenters. The number of nitrogen functional groups attached to an aromatic ring is 1.